The molecule has 7 heteroatoms. The number of carbonyl (C=O) groups excluding carboxylic acids is 2. The first kappa shape index (κ1) is 17.0. The minimum Gasteiger partial charge on any atom is -0.350 e. The van der Waals surface area contributed by atoms with Crippen LogP contribution in [0.1, 0.15) is 27.7 Å². The Balaban J connectivity index is 3.07. The van der Waals surface area contributed by atoms with Crippen LogP contribution in [0.4, 0.5) is 18.9 Å². The van der Waals surface area contributed by atoms with Gasteiger partial charge in [-0.3, -0.25) is 9.59 Å². The van der Waals surface area contributed by atoms with Gasteiger partial charge >= 0.3 is 0 Å². The SMILES string of the molecule is CC(=O)N(CC(=O)NC(C)(C)C)c1ccc(F)c(F)c1F. The van der Waals surface area contributed by atoms with Gasteiger partial charge in [0.1, 0.15) is 6.54 Å². The average molecular weight is 302 g/mol. The summed E-state index contributed by atoms with van der Waals surface area (Å²) in [6, 6.07) is 1.62. The first-order valence-corrected chi connectivity index (χ1v) is 6.25. The van der Waals surface area contributed by atoms with E-state index in [0.29, 0.717) is 6.07 Å². The lowest BCUT2D eigenvalue weighted by molar-refractivity contribution is -0.124. The molecule has 0 heterocycles. The molecule has 0 aliphatic rings. The van der Waals surface area contributed by atoms with Crippen molar-refractivity contribution in [2.45, 2.75) is 33.2 Å². The van der Waals surface area contributed by atoms with Gasteiger partial charge in [-0.15, -0.1) is 0 Å². The van der Waals surface area contributed by atoms with Crippen molar-refractivity contribution in [2.75, 3.05) is 11.4 Å². The molecule has 116 valence electrons. The molecule has 0 aliphatic carbocycles. The van der Waals surface area contributed by atoms with E-state index in [1.165, 1.54) is 0 Å². The summed E-state index contributed by atoms with van der Waals surface area (Å²) < 4.78 is 39.9. The summed E-state index contributed by atoms with van der Waals surface area (Å²) in [7, 11) is 0. The monoisotopic (exact) mass is 302 g/mol. The van der Waals surface area contributed by atoms with Crippen LogP contribution in [0.5, 0.6) is 0 Å². The Kier molecular flexibility index (Phi) is 4.98. The van der Waals surface area contributed by atoms with E-state index in [-0.39, 0.29) is 0 Å². The van der Waals surface area contributed by atoms with Gasteiger partial charge in [0.15, 0.2) is 17.5 Å². The zero-order valence-electron chi connectivity index (χ0n) is 12.3. The molecule has 0 aliphatic heterocycles. The van der Waals surface area contributed by atoms with E-state index < -0.39 is 47.0 Å². The lowest BCUT2D eigenvalue weighted by atomic mass is 10.1. The third-order valence-corrected chi connectivity index (χ3v) is 2.50. The Labute approximate surface area is 120 Å². The van der Waals surface area contributed by atoms with Gasteiger partial charge in [-0.25, -0.2) is 13.2 Å². The fourth-order valence-corrected chi connectivity index (χ4v) is 1.69. The second-order valence-electron chi connectivity index (χ2n) is 5.60. The Morgan fingerprint density at radius 1 is 1.14 bits per heavy atom. The highest BCUT2D eigenvalue weighted by molar-refractivity contribution is 5.97. The summed E-state index contributed by atoms with van der Waals surface area (Å²) in [6.45, 7) is 5.82. The lowest BCUT2D eigenvalue weighted by Crippen LogP contribution is -2.47. The molecule has 1 aromatic rings. The molecule has 0 bridgehead atoms. The number of nitrogens with one attached hydrogen (secondary N) is 1. The van der Waals surface area contributed by atoms with Crippen LogP contribution >= 0.6 is 0 Å². The first-order valence-electron chi connectivity index (χ1n) is 6.25. The van der Waals surface area contributed by atoms with Gasteiger partial charge in [-0.1, -0.05) is 0 Å². The minimum atomic E-state index is -1.69. The lowest BCUT2D eigenvalue weighted by Gasteiger charge is -2.25. The van der Waals surface area contributed by atoms with Crippen molar-refractivity contribution in [3.63, 3.8) is 0 Å². The van der Waals surface area contributed by atoms with Crippen LogP contribution in [0.3, 0.4) is 0 Å². The molecule has 0 spiro atoms. The van der Waals surface area contributed by atoms with Crippen LogP contribution < -0.4 is 10.2 Å². The highest BCUT2D eigenvalue weighted by Gasteiger charge is 2.24. The quantitative estimate of drug-likeness (QED) is 0.872. The maximum atomic E-state index is 13.7. The van der Waals surface area contributed by atoms with Crippen molar-refractivity contribution >= 4 is 17.5 Å². The molecule has 0 unspecified atom stereocenters. The molecular weight excluding hydrogens is 285 g/mol. The number of rotatable bonds is 3. The summed E-state index contributed by atoms with van der Waals surface area (Å²) in [5.74, 6) is -5.76. The molecule has 0 fully saturated rings. The second kappa shape index (κ2) is 6.15. The molecule has 2 amide bonds. The molecular formula is C14H17F3N2O2. The Bertz CT molecular complexity index is 568. The Morgan fingerprint density at radius 2 is 1.71 bits per heavy atom. The smallest absolute Gasteiger partial charge is 0.240 e. The van der Waals surface area contributed by atoms with Crippen LogP contribution in [-0.2, 0) is 9.59 Å². The van der Waals surface area contributed by atoms with Crippen molar-refractivity contribution < 1.29 is 22.8 Å². The van der Waals surface area contributed by atoms with Gasteiger partial charge in [-0.2, -0.15) is 0 Å². The molecule has 21 heavy (non-hydrogen) atoms. The van der Waals surface area contributed by atoms with Crippen LogP contribution in [-0.4, -0.2) is 23.9 Å². The van der Waals surface area contributed by atoms with Gasteiger partial charge in [0.25, 0.3) is 0 Å². The van der Waals surface area contributed by atoms with E-state index in [2.05, 4.69) is 5.32 Å². The number of anilines is 1. The topological polar surface area (TPSA) is 49.4 Å². The molecule has 1 aromatic carbocycles. The van der Waals surface area contributed by atoms with Crippen LogP contribution in [0.2, 0.25) is 0 Å². The number of hydrogen-bond acceptors (Lipinski definition) is 2. The number of amides is 2. The number of nitrogens with zero attached hydrogens (tertiary/aromatic N) is 1. The summed E-state index contributed by atoms with van der Waals surface area (Å²) in [4.78, 5) is 24.1. The maximum Gasteiger partial charge on any atom is 0.240 e. The minimum absolute atomic E-state index is 0.481. The normalized spacial score (nSPS) is 11.2. The predicted molar refractivity (Wildman–Crippen MR) is 72.2 cm³/mol. The largest absolute Gasteiger partial charge is 0.350 e. The first-order chi connectivity index (χ1) is 9.53. The fourth-order valence-electron chi connectivity index (χ4n) is 1.69. The molecule has 4 nitrogen and oxygen atoms in total. The maximum absolute atomic E-state index is 13.7. The van der Waals surface area contributed by atoms with Crippen LogP contribution in [0.25, 0.3) is 0 Å². The fraction of sp³-hybridized carbons (Fsp3) is 0.429. The highest BCUT2D eigenvalue weighted by atomic mass is 19.2. The van der Waals surface area contributed by atoms with Crippen molar-refractivity contribution in [3.05, 3.63) is 29.6 Å². The van der Waals surface area contributed by atoms with Crippen LogP contribution in [0.15, 0.2) is 12.1 Å². The molecule has 0 aromatic heterocycles. The predicted octanol–water partition coefficient (Wildman–Crippen LogP) is 2.37. The summed E-state index contributed by atoms with van der Waals surface area (Å²) in [5.41, 5.74) is -1.02. The molecule has 0 atom stereocenters. The van der Waals surface area contributed by atoms with Crippen molar-refractivity contribution in [3.8, 4) is 0 Å². The van der Waals surface area contributed by atoms with Crippen molar-refractivity contribution in [2.24, 2.45) is 0 Å². The highest BCUT2D eigenvalue weighted by Crippen LogP contribution is 2.23. The third-order valence-electron chi connectivity index (χ3n) is 2.50. The van der Waals surface area contributed by atoms with E-state index >= 15 is 0 Å². The number of halogens is 3. The molecule has 1 N–H and O–H groups in total. The molecule has 0 saturated carbocycles. The van der Waals surface area contributed by atoms with Crippen molar-refractivity contribution in [1.29, 1.82) is 0 Å². The number of carbonyl (C=O) groups is 2. The van der Waals surface area contributed by atoms with Gasteiger partial charge in [0.05, 0.1) is 5.69 Å². The third kappa shape index (κ3) is 4.47. The van der Waals surface area contributed by atoms with E-state index in [1.807, 2.05) is 0 Å². The van der Waals surface area contributed by atoms with Gasteiger partial charge in [0, 0.05) is 12.5 Å². The zero-order chi connectivity index (χ0) is 16.4. The standard InChI is InChI=1S/C14H17F3N2O2/c1-8(20)19(7-11(21)18-14(2,3)4)10-6-5-9(15)12(16)13(10)17/h5-6H,7H2,1-4H3,(H,18,21). The van der Waals surface area contributed by atoms with E-state index in [0.717, 1.165) is 17.9 Å². The van der Waals surface area contributed by atoms with E-state index in [4.69, 9.17) is 0 Å². The molecule has 0 radical (unpaired) electrons. The van der Waals surface area contributed by atoms with Gasteiger partial charge < -0.3 is 10.2 Å². The zero-order valence-corrected chi connectivity index (χ0v) is 12.3. The molecule has 1 rings (SSSR count). The summed E-state index contributed by atoms with van der Waals surface area (Å²) in [6.07, 6.45) is 0. The Hall–Kier alpha value is -2.05. The van der Waals surface area contributed by atoms with Crippen LogP contribution in [0, 0.1) is 17.5 Å². The van der Waals surface area contributed by atoms with E-state index in [1.54, 1.807) is 20.8 Å². The Morgan fingerprint density at radius 3 is 2.19 bits per heavy atom. The second-order valence-corrected chi connectivity index (χ2v) is 5.60. The molecule has 0 saturated heterocycles. The number of benzene rings is 1. The van der Waals surface area contributed by atoms with Gasteiger partial charge in [0.2, 0.25) is 11.8 Å². The average Bonchev–Trinajstić information content (AvgIpc) is 2.31. The summed E-state index contributed by atoms with van der Waals surface area (Å²) >= 11 is 0. The van der Waals surface area contributed by atoms with E-state index in [9.17, 15) is 22.8 Å². The summed E-state index contributed by atoms with van der Waals surface area (Å²) in [5, 5.41) is 2.60. The van der Waals surface area contributed by atoms with Crippen molar-refractivity contribution in [1.82, 2.24) is 5.32 Å². The van der Waals surface area contributed by atoms with Gasteiger partial charge in [-0.05, 0) is 32.9 Å². The number of hydrogen-bond donors (Lipinski definition) is 1.